The summed E-state index contributed by atoms with van der Waals surface area (Å²) in [5.41, 5.74) is 9.28. The average molecular weight is 552 g/mol. The van der Waals surface area contributed by atoms with Crippen LogP contribution < -0.4 is 24.8 Å². The number of nitrogens with two attached hydrogens (primary N) is 1. The summed E-state index contributed by atoms with van der Waals surface area (Å²) in [5, 5.41) is 0. The zero-order chi connectivity index (χ0) is 29.0. The van der Waals surface area contributed by atoms with Crippen LogP contribution in [0.15, 0.2) is 30.3 Å². The Labute approximate surface area is 235 Å². The number of halogens is 1. The number of aromatic nitrogens is 2. The van der Waals surface area contributed by atoms with Crippen LogP contribution in [0.3, 0.4) is 0 Å². The SMILES string of the molecule is COc1cc(F)c(-c2nc(C)c(COc3cc(C(C)C)ccc3C)c(N3CCN(CC(N)=O)CC3)n2)c(OC)c1. The van der Waals surface area contributed by atoms with Crippen molar-refractivity contribution in [2.45, 2.75) is 40.2 Å². The summed E-state index contributed by atoms with van der Waals surface area (Å²) in [5.74, 6) is 1.76. The quantitative estimate of drug-likeness (QED) is 0.400. The van der Waals surface area contributed by atoms with Crippen LogP contribution in [0, 0.1) is 19.7 Å². The molecule has 0 spiro atoms. The summed E-state index contributed by atoms with van der Waals surface area (Å²) < 4.78 is 32.4. The number of amides is 1. The number of methoxy groups -OCH3 is 2. The molecule has 2 N–H and O–H groups in total. The highest BCUT2D eigenvalue weighted by Crippen LogP contribution is 2.37. The molecule has 214 valence electrons. The Bertz CT molecular complexity index is 1370. The van der Waals surface area contributed by atoms with E-state index in [0.717, 1.165) is 16.9 Å². The largest absolute Gasteiger partial charge is 0.497 e. The maximum atomic E-state index is 15.3. The number of ether oxygens (including phenoxy) is 3. The monoisotopic (exact) mass is 551 g/mol. The van der Waals surface area contributed by atoms with Crippen molar-refractivity contribution in [3.63, 3.8) is 0 Å². The highest BCUT2D eigenvalue weighted by molar-refractivity contribution is 5.76. The lowest BCUT2D eigenvalue weighted by Gasteiger charge is -2.36. The molecule has 1 aliphatic rings. The van der Waals surface area contributed by atoms with Gasteiger partial charge in [0.15, 0.2) is 5.82 Å². The third-order valence-electron chi connectivity index (χ3n) is 7.20. The van der Waals surface area contributed by atoms with Gasteiger partial charge in [-0.1, -0.05) is 26.0 Å². The van der Waals surface area contributed by atoms with Crippen LogP contribution in [0.2, 0.25) is 0 Å². The normalized spacial score (nSPS) is 13.9. The molecule has 2 heterocycles. The molecule has 10 heteroatoms. The maximum absolute atomic E-state index is 15.3. The minimum absolute atomic E-state index is 0.160. The first-order chi connectivity index (χ1) is 19.1. The Balaban J connectivity index is 1.74. The number of anilines is 1. The van der Waals surface area contributed by atoms with Crippen molar-refractivity contribution in [1.82, 2.24) is 14.9 Å². The summed E-state index contributed by atoms with van der Waals surface area (Å²) in [6, 6.07) is 9.16. The fourth-order valence-corrected chi connectivity index (χ4v) is 4.80. The molecule has 4 rings (SSSR count). The van der Waals surface area contributed by atoms with Crippen molar-refractivity contribution < 1.29 is 23.4 Å². The Morgan fingerprint density at radius 2 is 1.75 bits per heavy atom. The molecule has 0 saturated carbocycles. The topological polar surface area (TPSA) is 103 Å². The van der Waals surface area contributed by atoms with Crippen LogP contribution in [0.25, 0.3) is 11.4 Å². The summed E-state index contributed by atoms with van der Waals surface area (Å²) in [7, 11) is 2.94. The van der Waals surface area contributed by atoms with E-state index < -0.39 is 5.82 Å². The molecule has 0 aliphatic carbocycles. The van der Waals surface area contributed by atoms with E-state index in [9.17, 15) is 4.79 Å². The van der Waals surface area contributed by atoms with Crippen LogP contribution in [0.4, 0.5) is 10.2 Å². The van der Waals surface area contributed by atoms with Crippen molar-refractivity contribution >= 4 is 11.7 Å². The molecule has 2 aromatic carbocycles. The Morgan fingerprint density at radius 1 is 1.02 bits per heavy atom. The lowest BCUT2D eigenvalue weighted by Crippen LogP contribution is -2.49. The van der Waals surface area contributed by atoms with E-state index in [2.05, 4.69) is 36.9 Å². The third-order valence-corrected chi connectivity index (χ3v) is 7.20. The summed E-state index contributed by atoms with van der Waals surface area (Å²) in [6.45, 7) is 11.1. The van der Waals surface area contributed by atoms with Gasteiger partial charge in [0.1, 0.15) is 35.5 Å². The van der Waals surface area contributed by atoms with Gasteiger partial charge in [-0.25, -0.2) is 14.4 Å². The molecule has 0 unspecified atom stereocenters. The number of hydrogen-bond donors (Lipinski definition) is 1. The van der Waals surface area contributed by atoms with Crippen molar-refractivity contribution in [2.75, 3.05) is 51.8 Å². The third kappa shape index (κ3) is 6.44. The molecule has 1 aromatic heterocycles. The van der Waals surface area contributed by atoms with E-state index in [1.807, 2.05) is 18.7 Å². The fraction of sp³-hybridized carbons (Fsp3) is 0.433. The highest BCUT2D eigenvalue weighted by atomic mass is 19.1. The number of aryl methyl sites for hydroxylation is 2. The number of piperazine rings is 1. The lowest BCUT2D eigenvalue weighted by molar-refractivity contribution is -0.119. The first kappa shape index (κ1) is 29.1. The minimum Gasteiger partial charge on any atom is -0.497 e. The van der Waals surface area contributed by atoms with Gasteiger partial charge in [0.2, 0.25) is 5.91 Å². The van der Waals surface area contributed by atoms with Crippen molar-refractivity contribution in [1.29, 1.82) is 0 Å². The van der Waals surface area contributed by atoms with Crippen LogP contribution in [-0.2, 0) is 11.4 Å². The van der Waals surface area contributed by atoms with Gasteiger partial charge >= 0.3 is 0 Å². The number of primary amides is 1. The Morgan fingerprint density at radius 3 is 2.38 bits per heavy atom. The van der Waals surface area contributed by atoms with Gasteiger partial charge in [-0.05, 0) is 37.0 Å². The van der Waals surface area contributed by atoms with Crippen molar-refractivity contribution in [3.05, 3.63) is 58.5 Å². The average Bonchev–Trinajstić information content (AvgIpc) is 2.92. The van der Waals surface area contributed by atoms with Gasteiger partial charge in [-0.15, -0.1) is 0 Å². The van der Waals surface area contributed by atoms with E-state index >= 15 is 4.39 Å². The van der Waals surface area contributed by atoms with E-state index in [0.29, 0.717) is 49.4 Å². The zero-order valence-corrected chi connectivity index (χ0v) is 24.1. The number of benzene rings is 2. The number of hydrogen-bond acceptors (Lipinski definition) is 8. The van der Waals surface area contributed by atoms with Crippen LogP contribution >= 0.6 is 0 Å². The number of nitrogens with zero attached hydrogens (tertiary/aromatic N) is 4. The Kier molecular flexibility index (Phi) is 9.09. The molecule has 1 fully saturated rings. The van der Waals surface area contributed by atoms with E-state index in [-0.39, 0.29) is 36.2 Å². The molecule has 9 nitrogen and oxygen atoms in total. The van der Waals surface area contributed by atoms with E-state index in [4.69, 9.17) is 29.9 Å². The standard InChI is InChI=1S/C30H38FN5O4/c1-18(2)21-8-7-19(3)25(13-21)40-17-23-20(4)33-29(28-24(31)14-22(38-5)15-26(28)39-6)34-30(23)36-11-9-35(10-12-36)16-27(32)37/h7-8,13-15,18H,9-12,16-17H2,1-6H3,(H2,32,37). The lowest BCUT2D eigenvalue weighted by atomic mass is 10.0. The highest BCUT2D eigenvalue weighted by Gasteiger charge is 2.26. The summed E-state index contributed by atoms with van der Waals surface area (Å²) in [6.07, 6.45) is 0. The number of carbonyl (C=O) groups is 1. The van der Waals surface area contributed by atoms with Gasteiger partial charge < -0.3 is 24.8 Å². The molecule has 1 amide bonds. The first-order valence-electron chi connectivity index (χ1n) is 13.4. The minimum atomic E-state index is -0.544. The van der Waals surface area contributed by atoms with Gasteiger partial charge in [0.25, 0.3) is 0 Å². The number of rotatable bonds is 10. The molecular weight excluding hydrogens is 513 g/mol. The fourth-order valence-electron chi connectivity index (χ4n) is 4.80. The number of carbonyl (C=O) groups excluding carboxylic acids is 1. The molecule has 0 bridgehead atoms. The second kappa shape index (κ2) is 12.5. The van der Waals surface area contributed by atoms with E-state index in [1.165, 1.54) is 25.8 Å². The summed E-state index contributed by atoms with van der Waals surface area (Å²) >= 11 is 0. The van der Waals surface area contributed by atoms with Gasteiger partial charge in [-0.3, -0.25) is 9.69 Å². The van der Waals surface area contributed by atoms with Crippen LogP contribution in [0.5, 0.6) is 17.2 Å². The van der Waals surface area contributed by atoms with Gasteiger partial charge in [0.05, 0.1) is 37.6 Å². The molecular formula is C30H38FN5O4. The predicted octanol–water partition coefficient (Wildman–Crippen LogP) is 4.23. The second-order valence-corrected chi connectivity index (χ2v) is 10.3. The maximum Gasteiger partial charge on any atom is 0.231 e. The first-order valence-corrected chi connectivity index (χ1v) is 13.4. The van der Waals surface area contributed by atoms with Crippen molar-refractivity contribution in [3.8, 4) is 28.6 Å². The molecule has 40 heavy (non-hydrogen) atoms. The predicted molar refractivity (Wildman–Crippen MR) is 153 cm³/mol. The molecule has 3 aromatic rings. The smallest absolute Gasteiger partial charge is 0.231 e. The van der Waals surface area contributed by atoms with Crippen molar-refractivity contribution in [2.24, 2.45) is 5.73 Å². The summed E-state index contributed by atoms with van der Waals surface area (Å²) in [4.78, 5) is 25.2. The van der Waals surface area contributed by atoms with Gasteiger partial charge in [-0.2, -0.15) is 0 Å². The molecule has 0 radical (unpaired) electrons. The Hall–Kier alpha value is -3.92. The van der Waals surface area contributed by atoms with Gasteiger partial charge in [0, 0.05) is 38.3 Å². The van der Waals surface area contributed by atoms with E-state index in [1.54, 1.807) is 6.07 Å². The van der Waals surface area contributed by atoms with Crippen LogP contribution in [0.1, 0.15) is 42.1 Å². The van der Waals surface area contributed by atoms with Crippen LogP contribution in [-0.4, -0.2) is 67.7 Å². The zero-order valence-electron chi connectivity index (χ0n) is 24.1. The second-order valence-electron chi connectivity index (χ2n) is 10.3. The molecule has 1 saturated heterocycles. The molecule has 1 aliphatic heterocycles. The molecule has 0 atom stereocenters.